The molecule has 1 aromatic carbocycles. The quantitative estimate of drug-likeness (QED) is 0.381. The Labute approximate surface area is 182 Å². The minimum atomic E-state index is -0.0777. The van der Waals surface area contributed by atoms with Gasteiger partial charge in [0.2, 0.25) is 0 Å². The molecule has 0 saturated heterocycles. The lowest BCUT2D eigenvalue weighted by Crippen LogP contribution is -2.36. The Kier molecular flexibility index (Phi) is 5.61. The minimum absolute atomic E-state index is 0.0777. The van der Waals surface area contributed by atoms with E-state index < -0.39 is 0 Å². The van der Waals surface area contributed by atoms with E-state index in [-0.39, 0.29) is 11.2 Å². The van der Waals surface area contributed by atoms with E-state index >= 15 is 0 Å². The van der Waals surface area contributed by atoms with Gasteiger partial charge in [0.25, 0.3) is 0 Å². The van der Waals surface area contributed by atoms with Crippen molar-refractivity contribution in [1.29, 1.82) is 0 Å². The van der Waals surface area contributed by atoms with Crippen LogP contribution in [0.25, 0.3) is 11.6 Å². The third-order valence-corrected chi connectivity index (χ3v) is 6.99. The van der Waals surface area contributed by atoms with Crippen LogP contribution in [0.5, 0.6) is 0 Å². The molecule has 1 unspecified atom stereocenters. The molecule has 1 aliphatic heterocycles. The maximum atomic E-state index is 12.3. The molecule has 158 valence electrons. The van der Waals surface area contributed by atoms with Crippen LogP contribution in [0.3, 0.4) is 0 Å². The SMILES string of the molecule is C=CCCCCCN1c2cc3c(cc2C(C)=CC1C)C=C1C(=CC(=O)CC1(C)C)C3. The van der Waals surface area contributed by atoms with E-state index in [0.717, 1.165) is 19.4 Å². The van der Waals surface area contributed by atoms with Crippen LogP contribution in [0, 0.1) is 5.41 Å². The average molecular weight is 402 g/mol. The zero-order chi connectivity index (χ0) is 21.5. The number of benzene rings is 1. The summed E-state index contributed by atoms with van der Waals surface area (Å²) in [5, 5.41) is 0. The van der Waals surface area contributed by atoms with Crippen LogP contribution in [0.2, 0.25) is 0 Å². The summed E-state index contributed by atoms with van der Waals surface area (Å²) in [6.45, 7) is 13.9. The lowest BCUT2D eigenvalue weighted by atomic mass is 9.68. The van der Waals surface area contributed by atoms with Crippen LogP contribution in [0.15, 0.2) is 48.1 Å². The van der Waals surface area contributed by atoms with Gasteiger partial charge in [0.1, 0.15) is 0 Å². The predicted octanol–water partition coefficient (Wildman–Crippen LogP) is 6.91. The number of carbonyl (C=O) groups excluding carboxylic acids is 1. The molecule has 0 spiro atoms. The molecular formula is C28H35NO. The second-order valence-corrected chi connectivity index (χ2v) is 9.92. The first-order valence-corrected chi connectivity index (χ1v) is 11.5. The van der Waals surface area contributed by atoms with E-state index in [1.807, 2.05) is 12.2 Å². The lowest BCUT2D eigenvalue weighted by molar-refractivity contribution is -0.116. The summed E-state index contributed by atoms with van der Waals surface area (Å²) in [5.74, 6) is 0.266. The first kappa shape index (κ1) is 20.9. The third-order valence-electron chi connectivity index (χ3n) is 6.99. The molecule has 1 aromatic rings. The molecule has 0 fully saturated rings. The van der Waals surface area contributed by atoms with Crippen molar-refractivity contribution in [3.63, 3.8) is 0 Å². The van der Waals surface area contributed by atoms with E-state index in [9.17, 15) is 4.79 Å². The number of rotatable bonds is 6. The molecule has 0 aromatic heterocycles. The van der Waals surface area contributed by atoms with Crippen LogP contribution < -0.4 is 4.90 Å². The number of carbonyl (C=O) groups is 1. The van der Waals surface area contributed by atoms with Gasteiger partial charge >= 0.3 is 0 Å². The van der Waals surface area contributed by atoms with Gasteiger partial charge in [-0.2, -0.15) is 0 Å². The highest BCUT2D eigenvalue weighted by Gasteiger charge is 2.35. The predicted molar refractivity (Wildman–Crippen MR) is 129 cm³/mol. The van der Waals surface area contributed by atoms with Gasteiger partial charge in [-0.25, -0.2) is 0 Å². The molecule has 2 aliphatic carbocycles. The molecule has 2 heteroatoms. The summed E-state index contributed by atoms with van der Waals surface area (Å²) in [6.07, 6.45) is 14.9. The fourth-order valence-electron chi connectivity index (χ4n) is 5.41. The Morgan fingerprint density at radius 1 is 1.20 bits per heavy atom. The van der Waals surface area contributed by atoms with Crippen molar-refractivity contribution in [2.45, 2.75) is 72.3 Å². The molecule has 0 N–H and O–H groups in total. The van der Waals surface area contributed by atoms with Crippen LogP contribution >= 0.6 is 0 Å². The Morgan fingerprint density at radius 2 is 2.00 bits per heavy atom. The van der Waals surface area contributed by atoms with Crippen LogP contribution in [0.4, 0.5) is 5.69 Å². The molecule has 3 aliphatic rings. The smallest absolute Gasteiger partial charge is 0.156 e. The fraction of sp³-hybridized carbons (Fsp3) is 0.464. The van der Waals surface area contributed by atoms with E-state index in [1.165, 1.54) is 58.4 Å². The molecule has 0 amide bonds. The maximum absolute atomic E-state index is 12.3. The van der Waals surface area contributed by atoms with E-state index in [0.29, 0.717) is 12.5 Å². The number of hydrogen-bond donors (Lipinski definition) is 0. The van der Waals surface area contributed by atoms with Crippen molar-refractivity contribution in [3.8, 4) is 0 Å². The van der Waals surface area contributed by atoms with Crippen molar-refractivity contribution in [2.24, 2.45) is 5.41 Å². The first-order chi connectivity index (χ1) is 14.3. The molecular weight excluding hydrogens is 366 g/mol. The van der Waals surface area contributed by atoms with E-state index in [2.05, 4.69) is 63.5 Å². The second-order valence-electron chi connectivity index (χ2n) is 9.92. The monoisotopic (exact) mass is 401 g/mol. The summed E-state index contributed by atoms with van der Waals surface area (Å²) >= 11 is 0. The number of hydrogen-bond acceptors (Lipinski definition) is 2. The van der Waals surface area contributed by atoms with Crippen LogP contribution in [-0.4, -0.2) is 18.4 Å². The Hall–Kier alpha value is -2.35. The molecule has 0 saturated carbocycles. The maximum Gasteiger partial charge on any atom is 0.156 e. The molecule has 2 nitrogen and oxygen atoms in total. The van der Waals surface area contributed by atoms with Gasteiger partial charge < -0.3 is 4.90 Å². The van der Waals surface area contributed by atoms with E-state index in [1.54, 1.807) is 0 Å². The Morgan fingerprint density at radius 3 is 2.77 bits per heavy atom. The van der Waals surface area contributed by atoms with Gasteiger partial charge in [-0.15, -0.1) is 6.58 Å². The number of fused-ring (bicyclic) bond motifs is 3. The van der Waals surface area contributed by atoms with Crippen molar-refractivity contribution in [3.05, 3.63) is 64.8 Å². The molecule has 0 radical (unpaired) electrons. The highest BCUT2D eigenvalue weighted by Crippen LogP contribution is 2.46. The molecule has 0 bridgehead atoms. The van der Waals surface area contributed by atoms with Gasteiger partial charge in [0.05, 0.1) is 0 Å². The Bertz CT molecular complexity index is 973. The van der Waals surface area contributed by atoms with Crippen molar-refractivity contribution >= 4 is 23.1 Å². The molecule has 1 atom stereocenters. The summed E-state index contributed by atoms with van der Waals surface area (Å²) in [5.41, 5.74) is 9.28. The number of nitrogens with zero attached hydrogens (tertiary/aromatic N) is 1. The molecule has 1 heterocycles. The third kappa shape index (κ3) is 3.85. The lowest BCUT2D eigenvalue weighted by Gasteiger charge is -2.39. The number of allylic oxidation sites excluding steroid dienone is 5. The molecule has 4 rings (SSSR count). The zero-order valence-electron chi connectivity index (χ0n) is 19.1. The normalized spacial score (nSPS) is 21.7. The fourth-order valence-corrected chi connectivity index (χ4v) is 5.41. The summed E-state index contributed by atoms with van der Waals surface area (Å²) in [4.78, 5) is 14.9. The summed E-state index contributed by atoms with van der Waals surface area (Å²) in [6, 6.07) is 5.21. The van der Waals surface area contributed by atoms with E-state index in [4.69, 9.17) is 0 Å². The zero-order valence-corrected chi connectivity index (χ0v) is 19.1. The summed E-state index contributed by atoms with van der Waals surface area (Å²) in [7, 11) is 0. The van der Waals surface area contributed by atoms with Gasteiger partial charge in [0, 0.05) is 30.3 Å². The second kappa shape index (κ2) is 8.06. The Balaban J connectivity index is 1.69. The average Bonchev–Trinajstić information content (AvgIpc) is 2.67. The summed E-state index contributed by atoms with van der Waals surface area (Å²) < 4.78 is 0. The van der Waals surface area contributed by atoms with Crippen molar-refractivity contribution < 1.29 is 4.79 Å². The first-order valence-electron chi connectivity index (χ1n) is 11.5. The van der Waals surface area contributed by atoms with Gasteiger partial charge in [-0.05, 0) is 91.0 Å². The highest BCUT2D eigenvalue weighted by molar-refractivity contribution is 5.95. The number of anilines is 1. The number of ketones is 1. The van der Waals surface area contributed by atoms with Crippen LogP contribution in [0.1, 0.15) is 76.5 Å². The highest BCUT2D eigenvalue weighted by atomic mass is 16.1. The van der Waals surface area contributed by atoms with Crippen LogP contribution in [-0.2, 0) is 11.2 Å². The topological polar surface area (TPSA) is 20.3 Å². The van der Waals surface area contributed by atoms with Gasteiger partial charge in [-0.3, -0.25) is 4.79 Å². The van der Waals surface area contributed by atoms with Gasteiger partial charge in [0.15, 0.2) is 5.78 Å². The van der Waals surface area contributed by atoms with Crippen molar-refractivity contribution in [2.75, 3.05) is 11.4 Å². The van der Waals surface area contributed by atoms with Crippen molar-refractivity contribution in [1.82, 2.24) is 0 Å². The van der Waals surface area contributed by atoms with Gasteiger partial charge in [-0.1, -0.05) is 38.5 Å². The minimum Gasteiger partial charge on any atom is -0.365 e. The molecule has 30 heavy (non-hydrogen) atoms. The standard InChI is InChI=1S/C28H35NO/c1-6-7-8-9-10-11-29-20(3)12-19(2)25-15-22-16-26-23(13-21(22)17-27(25)29)14-24(30)18-28(26,4)5/h6,12,14-17,20H,1,7-11,13,18H2,2-5H3. The largest absolute Gasteiger partial charge is 0.365 e. The number of unbranched alkanes of at least 4 members (excludes halogenated alkanes) is 3.